The zero-order valence-corrected chi connectivity index (χ0v) is 22.7. The van der Waals surface area contributed by atoms with E-state index in [0.29, 0.717) is 0 Å². The maximum atomic E-state index is 6.35. The molecule has 0 saturated carbocycles. The monoisotopic (exact) mass is 542 g/mol. The molecule has 0 atom stereocenters. The molecule has 3 aromatic heterocycles. The first-order chi connectivity index (χ1) is 20.3. The minimum absolute atomic E-state index is 0.871. The Labute approximate surface area is 239 Å². The number of rotatable bonds is 3. The normalized spacial score (nSPS) is 11.9. The molecule has 0 radical (unpaired) electrons. The van der Waals surface area contributed by atoms with Gasteiger partial charge in [-0.05, 0) is 71.8 Å². The topological polar surface area (TPSA) is 31.0 Å². The van der Waals surface area contributed by atoms with Crippen LogP contribution in [0.25, 0.3) is 81.3 Å². The van der Waals surface area contributed by atoms with Crippen LogP contribution in [-0.2, 0) is 0 Å². The summed E-state index contributed by atoms with van der Waals surface area (Å²) in [6.45, 7) is 0. The lowest BCUT2D eigenvalue weighted by Gasteiger charge is -2.07. The van der Waals surface area contributed by atoms with Crippen molar-refractivity contribution in [1.82, 2.24) is 9.55 Å². The van der Waals surface area contributed by atoms with Crippen LogP contribution in [-0.4, -0.2) is 9.55 Å². The molecule has 0 unspecified atom stereocenters. The van der Waals surface area contributed by atoms with Crippen LogP contribution in [0.3, 0.4) is 0 Å². The number of hydrogen-bond donors (Lipinski definition) is 0. The van der Waals surface area contributed by atoms with Crippen molar-refractivity contribution in [2.75, 3.05) is 0 Å². The smallest absolute Gasteiger partial charge is 0.137 e. The Hall–Kier alpha value is -5.19. The highest BCUT2D eigenvalue weighted by Crippen LogP contribution is 2.41. The number of thiazole rings is 1. The number of hydrogen-bond acceptors (Lipinski definition) is 3. The van der Waals surface area contributed by atoms with Crippen molar-refractivity contribution in [2.45, 2.75) is 0 Å². The fraction of sp³-hybridized carbons (Fsp3) is 0. The first-order valence-corrected chi connectivity index (χ1v) is 14.5. The van der Waals surface area contributed by atoms with E-state index in [0.717, 1.165) is 54.0 Å². The van der Waals surface area contributed by atoms with E-state index in [2.05, 4.69) is 132 Å². The Morgan fingerprint density at radius 2 is 1.29 bits per heavy atom. The number of furan rings is 1. The fourth-order valence-corrected chi connectivity index (χ4v) is 7.12. The van der Waals surface area contributed by atoms with Crippen molar-refractivity contribution >= 4 is 65.3 Å². The SMILES string of the molecule is c1ccc(-c2ccc3c(c2)oc2ccc4sc(-c5ccc6c(c5)c5ccccc5n6-c5ccccc5)nc4c23)cc1. The van der Waals surface area contributed by atoms with Gasteiger partial charge in [0.05, 0.1) is 26.6 Å². The third kappa shape index (κ3) is 3.41. The van der Waals surface area contributed by atoms with Crippen molar-refractivity contribution in [2.24, 2.45) is 0 Å². The summed E-state index contributed by atoms with van der Waals surface area (Å²) in [5.41, 5.74) is 9.78. The fourth-order valence-electron chi connectivity index (χ4n) is 6.15. The summed E-state index contributed by atoms with van der Waals surface area (Å²) in [5.74, 6) is 0. The van der Waals surface area contributed by atoms with Crippen LogP contribution in [0.2, 0.25) is 0 Å². The molecule has 3 nitrogen and oxygen atoms in total. The summed E-state index contributed by atoms with van der Waals surface area (Å²) in [4.78, 5) is 5.22. The second-order valence-electron chi connectivity index (χ2n) is 10.4. The first kappa shape index (κ1) is 22.6. The zero-order chi connectivity index (χ0) is 26.9. The Bertz CT molecular complexity index is 2410. The summed E-state index contributed by atoms with van der Waals surface area (Å²) >= 11 is 1.73. The third-order valence-corrected chi connectivity index (χ3v) is 9.10. The van der Waals surface area contributed by atoms with E-state index in [1.54, 1.807) is 11.3 Å². The second-order valence-corrected chi connectivity index (χ2v) is 11.4. The van der Waals surface area contributed by atoms with Gasteiger partial charge >= 0.3 is 0 Å². The molecule has 0 spiro atoms. The highest BCUT2D eigenvalue weighted by molar-refractivity contribution is 7.21. The number of aromatic nitrogens is 2. The molecule has 4 heteroatoms. The molecule has 9 aromatic rings. The number of fused-ring (bicyclic) bond motifs is 8. The van der Waals surface area contributed by atoms with Crippen molar-refractivity contribution in [3.63, 3.8) is 0 Å². The van der Waals surface area contributed by atoms with Gasteiger partial charge in [0.1, 0.15) is 16.2 Å². The van der Waals surface area contributed by atoms with Gasteiger partial charge in [0.15, 0.2) is 0 Å². The summed E-state index contributed by atoms with van der Waals surface area (Å²) < 4.78 is 9.86. The van der Waals surface area contributed by atoms with Gasteiger partial charge in [-0.1, -0.05) is 72.8 Å². The molecular weight excluding hydrogens is 520 g/mol. The standard InChI is InChI=1S/C37H22N2OS/c1-3-9-23(10-4-1)24-15-17-28-33(22-24)40-32-19-20-34-36(35(28)32)38-37(41-34)25-16-18-31-29(21-25)27-13-7-8-14-30(27)39(31)26-11-5-2-6-12-26/h1-22H. The Kier molecular flexibility index (Phi) is 4.77. The number of nitrogens with zero attached hydrogens (tertiary/aromatic N) is 2. The molecule has 0 saturated heterocycles. The molecule has 6 aromatic carbocycles. The van der Waals surface area contributed by atoms with E-state index in [1.165, 1.54) is 27.4 Å². The summed E-state index contributed by atoms with van der Waals surface area (Å²) in [6, 6.07) is 47.1. The Morgan fingerprint density at radius 3 is 2.17 bits per heavy atom. The van der Waals surface area contributed by atoms with Gasteiger partial charge in [0.2, 0.25) is 0 Å². The minimum Gasteiger partial charge on any atom is -0.456 e. The van der Waals surface area contributed by atoms with E-state index in [1.807, 2.05) is 6.07 Å². The van der Waals surface area contributed by atoms with Crippen LogP contribution in [0.4, 0.5) is 0 Å². The van der Waals surface area contributed by atoms with Gasteiger partial charge < -0.3 is 8.98 Å². The average molecular weight is 543 g/mol. The summed E-state index contributed by atoms with van der Waals surface area (Å²) in [5, 5.41) is 5.67. The quantitative estimate of drug-likeness (QED) is 0.222. The van der Waals surface area contributed by atoms with E-state index in [9.17, 15) is 0 Å². The highest BCUT2D eigenvalue weighted by Gasteiger charge is 2.18. The van der Waals surface area contributed by atoms with Crippen LogP contribution in [0.1, 0.15) is 0 Å². The van der Waals surface area contributed by atoms with E-state index < -0.39 is 0 Å². The maximum absolute atomic E-state index is 6.35. The lowest BCUT2D eigenvalue weighted by molar-refractivity contribution is 0.669. The molecule has 192 valence electrons. The molecule has 0 aliphatic heterocycles. The Balaban J connectivity index is 1.22. The molecule has 0 N–H and O–H groups in total. The predicted molar refractivity (Wildman–Crippen MR) is 172 cm³/mol. The van der Waals surface area contributed by atoms with Crippen LogP contribution in [0.5, 0.6) is 0 Å². The largest absolute Gasteiger partial charge is 0.456 e. The van der Waals surface area contributed by atoms with Crippen molar-refractivity contribution in [3.8, 4) is 27.4 Å². The van der Waals surface area contributed by atoms with E-state index in [4.69, 9.17) is 9.40 Å². The molecule has 0 fully saturated rings. The van der Waals surface area contributed by atoms with Gasteiger partial charge in [-0.3, -0.25) is 0 Å². The van der Waals surface area contributed by atoms with Gasteiger partial charge in [0.25, 0.3) is 0 Å². The van der Waals surface area contributed by atoms with Gasteiger partial charge in [0, 0.05) is 27.4 Å². The molecule has 41 heavy (non-hydrogen) atoms. The first-order valence-electron chi connectivity index (χ1n) is 13.7. The summed E-state index contributed by atoms with van der Waals surface area (Å²) in [7, 11) is 0. The number of benzene rings is 6. The van der Waals surface area contributed by atoms with Crippen LogP contribution in [0, 0.1) is 0 Å². The van der Waals surface area contributed by atoms with Crippen LogP contribution >= 0.6 is 11.3 Å². The summed E-state index contributed by atoms with van der Waals surface area (Å²) in [6.07, 6.45) is 0. The lowest BCUT2D eigenvalue weighted by Crippen LogP contribution is -1.92. The van der Waals surface area contributed by atoms with Gasteiger partial charge in [-0.25, -0.2) is 4.98 Å². The third-order valence-electron chi connectivity index (χ3n) is 8.03. The maximum Gasteiger partial charge on any atom is 0.137 e. The average Bonchev–Trinajstić information content (AvgIpc) is 3.72. The molecule has 9 rings (SSSR count). The second kappa shape index (κ2) is 8.65. The molecule has 0 bridgehead atoms. The molecule has 0 aliphatic carbocycles. The molecule has 0 amide bonds. The van der Waals surface area contributed by atoms with E-state index in [-0.39, 0.29) is 0 Å². The van der Waals surface area contributed by atoms with E-state index >= 15 is 0 Å². The lowest BCUT2D eigenvalue weighted by atomic mass is 10.0. The highest BCUT2D eigenvalue weighted by atomic mass is 32.1. The van der Waals surface area contributed by atoms with Crippen LogP contribution < -0.4 is 0 Å². The molecule has 3 heterocycles. The minimum atomic E-state index is 0.871. The predicted octanol–water partition coefficient (Wildman–Crippen LogP) is 10.6. The Morgan fingerprint density at radius 1 is 0.537 bits per heavy atom. The zero-order valence-electron chi connectivity index (χ0n) is 21.9. The molecular formula is C37H22N2OS. The number of para-hydroxylation sites is 2. The van der Waals surface area contributed by atoms with Crippen molar-refractivity contribution < 1.29 is 4.42 Å². The molecule has 0 aliphatic rings. The van der Waals surface area contributed by atoms with Gasteiger partial charge in [-0.15, -0.1) is 11.3 Å². The van der Waals surface area contributed by atoms with Gasteiger partial charge in [-0.2, -0.15) is 0 Å². The van der Waals surface area contributed by atoms with Crippen molar-refractivity contribution in [3.05, 3.63) is 133 Å². The van der Waals surface area contributed by atoms with Crippen LogP contribution in [0.15, 0.2) is 138 Å². The van der Waals surface area contributed by atoms with Crippen molar-refractivity contribution in [1.29, 1.82) is 0 Å².